The minimum atomic E-state index is -1.10. The summed E-state index contributed by atoms with van der Waals surface area (Å²) in [7, 11) is 0. The highest BCUT2D eigenvalue weighted by Crippen LogP contribution is 2.64. The predicted molar refractivity (Wildman–Crippen MR) is 135 cm³/mol. The average Bonchev–Trinajstić information content (AvgIpc) is 3.42. The molecule has 202 valence electrons. The number of aliphatic hydroxyl groups excluding tert-OH is 1. The van der Waals surface area contributed by atoms with Crippen molar-refractivity contribution in [3.63, 3.8) is 0 Å². The molecule has 36 heavy (non-hydrogen) atoms. The lowest BCUT2D eigenvalue weighted by Crippen LogP contribution is -2.60. The van der Waals surface area contributed by atoms with Gasteiger partial charge in [-0.1, -0.05) is 39.2 Å². The number of likely N-dealkylation sites (tertiary alicyclic amines) is 1. The number of esters is 1. The monoisotopic (exact) mass is 504 g/mol. The molecule has 0 aromatic carbocycles. The van der Waals surface area contributed by atoms with Gasteiger partial charge < -0.3 is 24.4 Å². The Morgan fingerprint density at radius 2 is 1.97 bits per heavy atom. The Kier molecular flexibility index (Phi) is 7.87. The number of ether oxygens (including phenoxy) is 2. The van der Waals surface area contributed by atoms with Crippen LogP contribution in [0, 0.1) is 17.8 Å². The second-order valence-corrected chi connectivity index (χ2v) is 11.8. The molecule has 8 heteroatoms. The molecule has 3 heterocycles. The molecular formula is C28H44N2O6. The Morgan fingerprint density at radius 3 is 2.56 bits per heavy atom. The molecule has 8 nitrogen and oxygen atoms in total. The van der Waals surface area contributed by atoms with Gasteiger partial charge in [-0.25, -0.2) is 0 Å². The van der Waals surface area contributed by atoms with Gasteiger partial charge in [0.25, 0.3) is 0 Å². The minimum absolute atomic E-state index is 0.0874. The highest BCUT2D eigenvalue weighted by Gasteiger charge is 2.79. The largest absolute Gasteiger partial charge is 0.466 e. The molecule has 4 aliphatic rings. The molecule has 2 amide bonds. The van der Waals surface area contributed by atoms with Crippen molar-refractivity contribution in [2.75, 3.05) is 19.8 Å². The van der Waals surface area contributed by atoms with Crippen LogP contribution in [-0.2, 0) is 23.9 Å². The SMILES string of the molecule is C=CCN(C(=O)C1N([C@@H](CO)CC(C)C)C(=O)[C@@H]2[C@H](C(=O)OCC)[C@]3(C)CCC12O3)C1CCCCC1. The molecule has 1 spiro atoms. The Bertz CT molecular complexity index is 870. The number of aliphatic hydroxyl groups is 1. The molecule has 0 aromatic rings. The molecule has 1 saturated carbocycles. The van der Waals surface area contributed by atoms with E-state index in [1.807, 2.05) is 25.7 Å². The number of hydrogen-bond acceptors (Lipinski definition) is 6. The Hall–Kier alpha value is -1.93. The molecule has 6 atom stereocenters. The standard InChI is InChI=1S/C28H44N2O6/c1-6-15-29(19-11-9-8-10-12-19)25(33)23-28-14-13-27(5,36-28)22(26(34)35-7-2)21(28)24(32)30(23)20(17-31)16-18(3)4/h6,18-23,31H,1,7-17H2,2-5H3/t20-,21+,22-,23?,27+,28?/m1/s1. The van der Waals surface area contributed by atoms with E-state index in [0.717, 1.165) is 32.1 Å². The second-order valence-electron chi connectivity index (χ2n) is 11.8. The Balaban J connectivity index is 1.80. The summed E-state index contributed by atoms with van der Waals surface area (Å²) in [5.41, 5.74) is -1.95. The van der Waals surface area contributed by atoms with Crippen LogP contribution in [-0.4, -0.2) is 81.8 Å². The van der Waals surface area contributed by atoms with E-state index >= 15 is 0 Å². The van der Waals surface area contributed by atoms with Crippen LogP contribution in [0.5, 0.6) is 0 Å². The summed E-state index contributed by atoms with van der Waals surface area (Å²) in [5, 5.41) is 10.4. The summed E-state index contributed by atoms with van der Waals surface area (Å²) in [6, 6.07) is -1.32. The molecule has 0 radical (unpaired) electrons. The van der Waals surface area contributed by atoms with Crippen LogP contribution in [0.3, 0.4) is 0 Å². The van der Waals surface area contributed by atoms with Crippen molar-refractivity contribution in [2.24, 2.45) is 17.8 Å². The molecule has 1 N–H and O–H groups in total. The third-order valence-electron chi connectivity index (χ3n) is 8.96. The first-order valence-corrected chi connectivity index (χ1v) is 13.9. The third kappa shape index (κ3) is 4.28. The van der Waals surface area contributed by atoms with Gasteiger partial charge in [-0.05, 0) is 51.9 Å². The fourth-order valence-corrected chi connectivity index (χ4v) is 7.55. The van der Waals surface area contributed by atoms with E-state index in [-0.39, 0.29) is 37.0 Å². The van der Waals surface area contributed by atoms with Crippen molar-refractivity contribution in [3.8, 4) is 0 Å². The summed E-state index contributed by atoms with van der Waals surface area (Å²) in [6.07, 6.45) is 8.56. The lowest BCUT2D eigenvalue weighted by molar-refractivity contribution is -0.162. The molecule has 3 aliphatic heterocycles. The first-order valence-electron chi connectivity index (χ1n) is 13.9. The van der Waals surface area contributed by atoms with Crippen LogP contribution in [0.15, 0.2) is 12.7 Å². The second kappa shape index (κ2) is 10.4. The number of rotatable bonds is 10. The minimum Gasteiger partial charge on any atom is -0.466 e. The molecule has 2 unspecified atom stereocenters. The summed E-state index contributed by atoms with van der Waals surface area (Å²) in [5.74, 6) is -2.19. The lowest BCUT2D eigenvalue weighted by atomic mass is 9.66. The highest BCUT2D eigenvalue weighted by atomic mass is 16.6. The number of carbonyl (C=O) groups excluding carboxylic acids is 3. The van der Waals surface area contributed by atoms with E-state index in [1.54, 1.807) is 17.9 Å². The summed E-state index contributed by atoms with van der Waals surface area (Å²) < 4.78 is 12.1. The predicted octanol–water partition coefficient (Wildman–Crippen LogP) is 3.07. The van der Waals surface area contributed by atoms with Crippen LogP contribution >= 0.6 is 0 Å². The fourth-order valence-electron chi connectivity index (χ4n) is 7.55. The van der Waals surface area contributed by atoms with Crippen LogP contribution in [0.2, 0.25) is 0 Å². The number of carbonyl (C=O) groups is 3. The zero-order valence-electron chi connectivity index (χ0n) is 22.4. The van der Waals surface area contributed by atoms with Gasteiger partial charge in [0.15, 0.2) is 0 Å². The van der Waals surface area contributed by atoms with Gasteiger partial charge in [-0.2, -0.15) is 0 Å². The van der Waals surface area contributed by atoms with Crippen LogP contribution in [0.1, 0.15) is 79.1 Å². The number of nitrogens with zero attached hydrogens (tertiary/aromatic N) is 2. The Labute approximate surface area is 215 Å². The summed E-state index contributed by atoms with van der Waals surface area (Å²) in [6.45, 7) is 12.0. The van der Waals surface area contributed by atoms with Crippen molar-refractivity contribution in [1.82, 2.24) is 9.80 Å². The van der Waals surface area contributed by atoms with Crippen molar-refractivity contribution in [1.29, 1.82) is 0 Å². The van der Waals surface area contributed by atoms with Gasteiger partial charge in [0.2, 0.25) is 11.8 Å². The van der Waals surface area contributed by atoms with Gasteiger partial charge in [0, 0.05) is 12.6 Å². The zero-order valence-corrected chi connectivity index (χ0v) is 22.4. The maximum Gasteiger partial charge on any atom is 0.312 e. The van der Waals surface area contributed by atoms with Gasteiger partial charge >= 0.3 is 5.97 Å². The molecular weight excluding hydrogens is 460 g/mol. The Morgan fingerprint density at radius 1 is 1.28 bits per heavy atom. The maximum atomic E-state index is 14.5. The molecule has 3 saturated heterocycles. The molecule has 4 fully saturated rings. The maximum absolute atomic E-state index is 14.5. The highest BCUT2D eigenvalue weighted by molar-refractivity contribution is 5.98. The number of hydrogen-bond donors (Lipinski definition) is 1. The normalized spacial score (nSPS) is 34.7. The zero-order chi connectivity index (χ0) is 26.3. The van der Waals surface area contributed by atoms with Crippen molar-refractivity contribution >= 4 is 17.8 Å². The molecule has 1 aliphatic carbocycles. The number of amides is 2. The van der Waals surface area contributed by atoms with Gasteiger partial charge in [0.1, 0.15) is 17.6 Å². The van der Waals surface area contributed by atoms with Crippen molar-refractivity contribution < 1.29 is 29.0 Å². The molecule has 2 bridgehead atoms. The summed E-state index contributed by atoms with van der Waals surface area (Å²) >= 11 is 0. The summed E-state index contributed by atoms with van der Waals surface area (Å²) in [4.78, 5) is 45.4. The molecule has 4 rings (SSSR count). The van der Waals surface area contributed by atoms with Crippen molar-refractivity contribution in [3.05, 3.63) is 12.7 Å². The first kappa shape index (κ1) is 27.1. The van der Waals surface area contributed by atoms with Gasteiger partial charge in [-0.15, -0.1) is 6.58 Å². The van der Waals surface area contributed by atoms with Crippen molar-refractivity contribution in [2.45, 2.75) is 108 Å². The third-order valence-corrected chi connectivity index (χ3v) is 8.96. The van der Waals surface area contributed by atoms with Gasteiger partial charge in [0.05, 0.1) is 30.8 Å². The van der Waals surface area contributed by atoms with E-state index < -0.39 is 41.1 Å². The van der Waals surface area contributed by atoms with Crippen LogP contribution in [0.25, 0.3) is 0 Å². The van der Waals surface area contributed by atoms with E-state index in [1.165, 1.54) is 0 Å². The topological polar surface area (TPSA) is 96.4 Å². The van der Waals surface area contributed by atoms with E-state index in [2.05, 4.69) is 6.58 Å². The average molecular weight is 505 g/mol. The molecule has 0 aromatic heterocycles. The van der Waals surface area contributed by atoms with Gasteiger partial charge in [-0.3, -0.25) is 14.4 Å². The van der Waals surface area contributed by atoms with Crippen LogP contribution in [0.4, 0.5) is 0 Å². The van der Waals surface area contributed by atoms with E-state index in [9.17, 15) is 19.5 Å². The van der Waals surface area contributed by atoms with E-state index in [0.29, 0.717) is 25.8 Å². The van der Waals surface area contributed by atoms with E-state index in [4.69, 9.17) is 9.47 Å². The lowest BCUT2D eigenvalue weighted by Gasteiger charge is -2.42. The first-order chi connectivity index (χ1) is 17.1. The van der Waals surface area contributed by atoms with Crippen LogP contribution < -0.4 is 0 Å². The smallest absolute Gasteiger partial charge is 0.312 e. The quantitative estimate of drug-likeness (QED) is 0.363. The fraction of sp³-hybridized carbons (Fsp3) is 0.821. The number of fused-ring (bicyclic) bond motifs is 1.